The molecule has 2 saturated heterocycles. The van der Waals surface area contributed by atoms with E-state index in [4.69, 9.17) is 4.74 Å². The highest BCUT2D eigenvalue weighted by Gasteiger charge is 2.26. The second-order valence-corrected chi connectivity index (χ2v) is 4.69. The van der Waals surface area contributed by atoms with Crippen LogP contribution in [0, 0.1) is 5.92 Å². The van der Waals surface area contributed by atoms with Gasteiger partial charge in [0.1, 0.15) is 0 Å². The number of ether oxygens (including phenoxy) is 1. The van der Waals surface area contributed by atoms with E-state index in [2.05, 4.69) is 22.6 Å². The van der Waals surface area contributed by atoms with Crippen LogP contribution >= 0.6 is 0 Å². The topological polar surface area (TPSA) is 53.6 Å². The Morgan fingerprint density at radius 1 is 1.62 bits per heavy atom. The van der Waals surface area contributed by atoms with Gasteiger partial charge in [-0.3, -0.25) is 4.79 Å². The van der Waals surface area contributed by atoms with Gasteiger partial charge in [-0.05, 0) is 20.0 Å². The summed E-state index contributed by atoms with van der Waals surface area (Å²) in [5.74, 6) is 0.347. The lowest BCUT2D eigenvalue weighted by molar-refractivity contribution is -0.125. The van der Waals surface area contributed by atoms with Crippen molar-refractivity contribution in [3.05, 3.63) is 0 Å². The van der Waals surface area contributed by atoms with Crippen molar-refractivity contribution in [1.29, 1.82) is 0 Å². The largest absolute Gasteiger partial charge is 0.374 e. The Morgan fingerprint density at radius 3 is 3.12 bits per heavy atom. The lowest BCUT2D eigenvalue weighted by Gasteiger charge is -2.24. The first-order valence-corrected chi connectivity index (χ1v) is 6.04. The minimum Gasteiger partial charge on any atom is -0.374 e. The maximum absolute atomic E-state index is 11.8. The predicted octanol–water partition coefficient (Wildman–Crippen LogP) is -0.957. The van der Waals surface area contributed by atoms with Gasteiger partial charge >= 0.3 is 0 Å². The molecule has 0 aromatic rings. The van der Waals surface area contributed by atoms with Crippen molar-refractivity contribution in [2.24, 2.45) is 5.92 Å². The molecule has 92 valence electrons. The molecule has 2 atom stereocenters. The van der Waals surface area contributed by atoms with Gasteiger partial charge < -0.3 is 20.3 Å². The molecule has 0 radical (unpaired) electrons. The summed E-state index contributed by atoms with van der Waals surface area (Å²) in [7, 11) is 2.06. The normalized spacial score (nSPS) is 31.6. The molecular weight excluding hydrogens is 206 g/mol. The highest BCUT2D eigenvalue weighted by Crippen LogP contribution is 2.13. The van der Waals surface area contributed by atoms with Gasteiger partial charge in [0, 0.05) is 26.2 Å². The first kappa shape index (κ1) is 11.8. The van der Waals surface area contributed by atoms with Crippen LogP contribution in [0.1, 0.15) is 6.42 Å². The van der Waals surface area contributed by atoms with E-state index in [0.29, 0.717) is 6.54 Å². The molecule has 1 amide bonds. The molecule has 5 nitrogen and oxygen atoms in total. The summed E-state index contributed by atoms with van der Waals surface area (Å²) in [6.45, 7) is 5.04. The maximum Gasteiger partial charge on any atom is 0.224 e. The van der Waals surface area contributed by atoms with Crippen molar-refractivity contribution in [3.8, 4) is 0 Å². The van der Waals surface area contributed by atoms with Crippen LogP contribution in [0.15, 0.2) is 0 Å². The third-order valence-corrected chi connectivity index (χ3v) is 3.27. The Labute approximate surface area is 96.5 Å². The molecule has 5 heteroatoms. The number of nitrogens with one attached hydrogen (secondary N) is 2. The van der Waals surface area contributed by atoms with Crippen molar-refractivity contribution >= 4 is 5.91 Å². The van der Waals surface area contributed by atoms with Gasteiger partial charge in [0.2, 0.25) is 5.91 Å². The monoisotopic (exact) mass is 227 g/mol. The quantitative estimate of drug-likeness (QED) is 0.652. The fourth-order valence-electron chi connectivity index (χ4n) is 2.26. The Hall–Kier alpha value is -0.650. The fourth-order valence-corrected chi connectivity index (χ4v) is 2.26. The lowest BCUT2D eigenvalue weighted by atomic mass is 10.1. The summed E-state index contributed by atoms with van der Waals surface area (Å²) < 4.78 is 5.52. The fraction of sp³-hybridized carbons (Fsp3) is 0.909. The van der Waals surface area contributed by atoms with Crippen LogP contribution in [0.3, 0.4) is 0 Å². The number of carbonyl (C=O) groups excluding carboxylic acids is 1. The van der Waals surface area contributed by atoms with E-state index < -0.39 is 0 Å². The summed E-state index contributed by atoms with van der Waals surface area (Å²) in [6, 6.07) is 0. The van der Waals surface area contributed by atoms with Gasteiger partial charge in [0.15, 0.2) is 0 Å². The number of rotatable bonds is 3. The second-order valence-electron chi connectivity index (χ2n) is 4.69. The van der Waals surface area contributed by atoms with Crippen LogP contribution in [-0.2, 0) is 9.53 Å². The Kier molecular flexibility index (Phi) is 4.15. The molecule has 16 heavy (non-hydrogen) atoms. The molecule has 0 bridgehead atoms. The van der Waals surface area contributed by atoms with Crippen LogP contribution < -0.4 is 10.6 Å². The van der Waals surface area contributed by atoms with Crippen molar-refractivity contribution in [2.75, 3.05) is 46.4 Å². The van der Waals surface area contributed by atoms with Crippen molar-refractivity contribution in [2.45, 2.75) is 12.5 Å². The molecule has 2 unspecified atom stereocenters. The van der Waals surface area contributed by atoms with Gasteiger partial charge in [-0.25, -0.2) is 0 Å². The van der Waals surface area contributed by atoms with E-state index in [1.807, 2.05) is 0 Å². The standard InChI is InChI=1S/C11H21N3O2/c1-14-4-2-9(8-14)11(15)13-7-10-6-12-3-5-16-10/h9-10,12H,2-8H2,1H3,(H,13,15). The number of carbonyl (C=O) groups is 1. The molecular formula is C11H21N3O2. The molecule has 0 saturated carbocycles. The molecule has 0 spiro atoms. The second kappa shape index (κ2) is 5.61. The number of likely N-dealkylation sites (tertiary alicyclic amines) is 1. The van der Waals surface area contributed by atoms with E-state index in [1.165, 1.54) is 0 Å². The zero-order chi connectivity index (χ0) is 11.4. The molecule has 2 fully saturated rings. The van der Waals surface area contributed by atoms with Crippen LogP contribution in [0.5, 0.6) is 0 Å². The summed E-state index contributed by atoms with van der Waals surface area (Å²) in [4.78, 5) is 14.0. The lowest BCUT2D eigenvalue weighted by Crippen LogP contribution is -2.46. The van der Waals surface area contributed by atoms with Crippen molar-refractivity contribution in [3.63, 3.8) is 0 Å². The van der Waals surface area contributed by atoms with Crippen LogP contribution in [0.4, 0.5) is 0 Å². The molecule has 0 aliphatic carbocycles. The minimum absolute atomic E-state index is 0.136. The highest BCUT2D eigenvalue weighted by atomic mass is 16.5. The molecule has 0 aromatic heterocycles. The number of amides is 1. The van der Waals surface area contributed by atoms with E-state index in [1.54, 1.807) is 0 Å². The molecule has 2 rings (SSSR count). The third-order valence-electron chi connectivity index (χ3n) is 3.27. The summed E-state index contributed by atoms with van der Waals surface area (Å²) in [5, 5.41) is 6.23. The van der Waals surface area contributed by atoms with E-state index in [9.17, 15) is 4.79 Å². The molecule has 2 heterocycles. The average molecular weight is 227 g/mol. The number of nitrogens with zero attached hydrogens (tertiary/aromatic N) is 1. The van der Waals surface area contributed by atoms with Gasteiger partial charge in [-0.15, -0.1) is 0 Å². The first-order chi connectivity index (χ1) is 7.75. The van der Waals surface area contributed by atoms with Gasteiger partial charge in [-0.1, -0.05) is 0 Å². The molecule has 0 aromatic carbocycles. The van der Waals surface area contributed by atoms with Gasteiger partial charge in [0.05, 0.1) is 18.6 Å². The zero-order valence-electron chi connectivity index (χ0n) is 9.87. The molecule has 2 N–H and O–H groups in total. The molecule has 2 aliphatic rings. The van der Waals surface area contributed by atoms with E-state index in [-0.39, 0.29) is 17.9 Å². The first-order valence-electron chi connectivity index (χ1n) is 6.04. The maximum atomic E-state index is 11.8. The van der Waals surface area contributed by atoms with E-state index in [0.717, 1.165) is 39.2 Å². The molecule has 2 aliphatic heterocycles. The van der Waals surface area contributed by atoms with Crippen LogP contribution in [0.2, 0.25) is 0 Å². The van der Waals surface area contributed by atoms with Gasteiger partial charge in [-0.2, -0.15) is 0 Å². The van der Waals surface area contributed by atoms with Crippen LogP contribution in [-0.4, -0.2) is 63.3 Å². The van der Waals surface area contributed by atoms with Crippen LogP contribution in [0.25, 0.3) is 0 Å². The smallest absolute Gasteiger partial charge is 0.224 e. The average Bonchev–Trinajstić information content (AvgIpc) is 2.74. The predicted molar refractivity (Wildman–Crippen MR) is 61.2 cm³/mol. The van der Waals surface area contributed by atoms with Crippen molar-refractivity contribution < 1.29 is 9.53 Å². The summed E-state index contributed by atoms with van der Waals surface area (Å²) in [5.41, 5.74) is 0. The Bertz CT molecular complexity index is 241. The number of morpholine rings is 1. The number of hydrogen-bond acceptors (Lipinski definition) is 4. The Balaban J connectivity index is 1.67. The zero-order valence-corrected chi connectivity index (χ0v) is 9.87. The van der Waals surface area contributed by atoms with Gasteiger partial charge in [0.25, 0.3) is 0 Å². The van der Waals surface area contributed by atoms with E-state index >= 15 is 0 Å². The summed E-state index contributed by atoms with van der Waals surface area (Å²) >= 11 is 0. The SMILES string of the molecule is CN1CCC(C(=O)NCC2CNCCO2)C1. The minimum atomic E-state index is 0.136. The third kappa shape index (κ3) is 3.17. The summed E-state index contributed by atoms with van der Waals surface area (Å²) in [6.07, 6.45) is 1.11. The highest BCUT2D eigenvalue weighted by molar-refractivity contribution is 5.79. The van der Waals surface area contributed by atoms with Crippen molar-refractivity contribution in [1.82, 2.24) is 15.5 Å². The Morgan fingerprint density at radius 2 is 2.50 bits per heavy atom. The number of hydrogen-bond donors (Lipinski definition) is 2.